The van der Waals surface area contributed by atoms with Crippen LogP contribution in [0.5, 0.6) is 0 Å². The van der Waals surface area contributed by atoms with E-state index < -0.39 is 0 Å². The van der Waals surface area contributed by atoms with E-state index >= 15 is 0 Å². The van der Waals surface area contributed by atoms with Crippen molar-refractivity contribution >= 4 is 16.9 Å². The van der Waals surface area contributed by atoms with Crippen LogP contribution in [0.4, 0.5) is 0 Å². The lowest BCUT2D eigenvalue weighted by molar-refractivity contribution is 0.205. The van der Waals surface area contributed by atoms with Crippen molar-refractivity contribution in [2.24, 2.45) is 4.99 Å². The number of hydrogen-bond donors (Lipinski definition) is 1. The highest BCUT2D eigenvalue weighted by Crippen LogP contribution is 2.26. The topological polar surface area (TPSA) is 27.6 Å². The van der Waals surface area contributed by atoms with E-state index in [2.05, 4.69) is 68.5 Å². The standard InChI is InChI=1S/C15H23N3S/c1-15(2,18(3)4)11-16-14-17-13(10-19-14)12-8-6-5-7-9-12/h5-9,13H,10-11H2,1-4H3,(H,16,17). The lowest BCUT2D eigenvalue weighted by atomic mass is 10.1. The Balaban J connectivity index is 1.95. The molecule has 1 N–H and O–H groups in total. The summed E-state index contributed by atoms with van der Waals surface area (Å²) in [6.45, 7) is 5.24. The quantitative estimate of drug-likeness (QED) is 0.917. The Kier molecular flexibility index (Phi) is 4.53. The fraction of sp³-hybridized carbons (Fsp3) is 0.533. The third-order valence-corrected chi connectivity index (χ3v) is 4.73. The number of benzene rings is 1. The number of rotatable bonds is 4. The van der Waals surface area contributed by atoms with Gasteiger partial charge in [-0.05, 0) is 33.5 Å². The van der Waals surface area contributed by atoms with Crippen LogP contribution in [0.25, 0.3) is 0 Å². The molecule has 0 radical (unpaired) electrons. The van der Waals surface area contributed by atoms with Crippen molar-refractivity contribution < 1.29 is 0 Å². The molecular weight excluding hydrogens is 254 g/mol. The second-order valence-electron chi connectivity index (χ2n) is 5.75. The van der Waals surface area contributed by atoms with Gasteiger partial charge in [-0.15, -0.1) is 0 Å². The zero-order valence-corrected chi connectivity index (χ0v) is 13.0. The van der Waals surface area contributed by atoms with Crippen molar-refractivity contribution in [2.45, 2.75) is 25.4 Å². The fourth-order valence-electron chi connectivity index (χ4n) is 1.76. The first-order valence-corrected chi connectivity index (χ1v) is 7.64. The Bertz CT molecular complexity index is 440. The molecule has 0 amide bonds. The Hall–Kier alpha value is -1.00. The summed E-state index contributed by atoms with van der Waals surface area (Å²) in [5.41, 5.74) is 1.44. The summed E-state index contributed by atoms with van der Waals surface area (Å²) < 4.78 is 0. The van der Waals surface area contributed by atoms with E-state index in [4.69, 9.17) is 4.99 Å². The Morgan fingerprint density at radius 3 is 2.63 bits per heavy atom. The summed E-state index contributed by atoms with van der Waals surface area (Å²) in [5, 5.41) is 4.59. The van der Waals surface area contributed by atoms with Crippen LogP contribution in [-0.4, -0.2) is 42.0 Å². The van der Waals surface area contributed by atoms with Crippen molar-refractivity contribution in [2.75, 3.05) is 26.4 Å². The molecule has 1 aromatic rings. The third kappa shape index (κ3) is 3.74. The van der Waals surface area contributed by atoms with Gasteiger partial charge in [-0.1, -0.05) is 42.1 Å². The van der Waals surface area contributed by atoms with Gasteiger partial charge in [0.05, 0.1) is 12.6 Å². The van der Waals surface area contributed by atoms with Crippen LogP contribution in [-0.2, 0) is 0 Å². The summed E-state index contributed by atoms with van der Waals surface area (Å²) in [6, 6.07) is 11.0. The molecule has 3 nitrogen and oxygen atoms in total. The van der Waals surface area contributed by atoms with Gasteiger partial charge in [0, 0.05) is 11.3 Å². The average Bonchev–Trinajstić information content (AvgIpc) is 2.86. The molecule has 0 aromatic heterocycles. The van der Waals surface area contributed by atoms with Crippen LogP contribution in [0, 0.1) is 0 Å². The van der Waals surface area contributed by atoms with E-state index in [0.717, 1.165) is 17.5 Å². The zero-order valence-electron chi connectivity index (χ0n) is 12.2. The molecular formula is C15H23N3S. The van der Waals surface area contributed by atoms with Crippen molar-refractivity contribution in [1.29, 1.82) is 0 Å². The van der Waals surface area contributed by atoms with Crippen LogP contribution in [0.3, 0.4) is 0 Å². The van der Waals surface area contributed by atoms with Gasteiger partial charge in [-0.3, -0.25) is 4.99 Å². The highest BCUT2D eigenvalue weighted by Gasteiger charge is 2.24. The van der Waals surface area contributed by atoms with Crippen molar-refractivity contribution in [1.82, 2.24) is 10.2 Å². The second kappa shape index (κ2) is 5.97. The van der Waals surface area contributed by atoms with E-state index in [9.17, 15) is 0 Å². The van der Waals surface area contributed by atoms with E-state index in [-0.39, 0.29) is 5.54 Å². The number of thioether (sulfide) groups is 1. The predicted molar refractivity (Wildman–Crippen MR) is 84.8 cm³/mol. The minimum absolute atomic E-state index is 0.0973. The van der Waals surface area contributed by atoms with Crippen molar-refractivity contribution in [3.05, 3.63) is 35.9 Å². The summed E-state index contributed by atoms with van der Waals surface area (Å²) in [7, 11) is 4.20. The van der Waals surface area contributed by atoms with Crippen LogP contribution in [0.15, 0.2) is 35.3 Å². The maximum atomic E-state index is 4.72. The van der Waals surface area contributed by atoms with E-state index in [1.54, 1.807) is 0 Å². The average molecular weight is 277 g/mol. The molecule has 1 atom stereocenters. The van der Waals surface area contributed by atoms with Crippen LogP contribution in [0.2, 0.25) is 0 Å². The van der Waals surface area contributed by atoms with Gasteiger partial charge in [0.25, 0.3) is 0 Å². The zero-order chi connectivity index (χ0) is 13.9. The van der Waals surface area contributed by atoms with Crippen molar-refractivity contribution in [3.63, 3.8) is 0 Å². The van der Waals surface area contributed by atoms with E-state index in [0.29, 0.717) is 6.04 Å². The largest absolute Gasteiger partial charge is 0.357 e. The fourth-order valence-corrected chi connectivity index (χ4v) is 2.74. The molecule has 2 rings (SSSR count). The van der Waals surface area contributed by atoms with E-state index in [1.807, 2.05) is 11.8 Å². The number of likely N-dealkylation sites (N-methyl/N-ethyl adjacent to an activating group) is 1. The normalized spacial score (nSPS) is 21.9. The van der Waals surface area contributed by atoms with Crippen LogP contribution in [0.1, 0.15) is 25.5 Å². The third-order valence-electron chi connectivity index (χ3n) is 3.71. The SMILES string of the molecule is CN(C)C(C)(C)CN=C1NC(c2ccccc2)CS1. The van der Waals surface area contributed by atoms with Gasteiger partial charge in [0.1, 0.15) is 0 Å². The number of aliphatic imine (C=N–C) groups is 1. The molecule has 1 fully saturated rings. The number of amidine groups is 1. The molecule has 0 spiro atoms. The van der Waals surface area contributed by atoms with Gasteiger partial charge < -0.3 is 10.2 Å². The summed E-state index contributed by atoms with van der Waals surface area (Å²) in [5.74, 6) is 1.06. The molecule has 0 saturated carbocycles. The maximum Gasteiger partial charge on any atom is 0.157 e. The first-order chi connectivity index (χ1) is 8.99. The lowest BCUT2D eigenvalue weighted by Gasteiger charge is -2.30. The molecule has 1 unspecified atom stereocenters. The molecule has 4 heteroatoms. The van der Waals surface area contributed by atoms with Gasteiger partial charge in [0.2, 0.25) is 0 Å². The number of hydrogen-bond acceptors (Lipinski definition) is 3. The summed E-state index contributed by atoms with van der Waals surface area (Å²) in [4.78, 5) is 6.93. The Morgan fingerprint density at radius 2 is 2.00 bits per heavy atom. The van der Waals surface area contributed by atoms with Crippen LogP contribution >= 0.6 is 11.8 Å². The van der Waals surface area contributed by atoms with Crippen LogP contribution < -0.4 is 5.32 Å². The van der Waals surface area contributed by atoms with Gasteiger partial charge in [-0.2, -0.15) is 0 Å². The molecule has 1 aliphatic rings. The minimum Gasteiger partial charge on any atom is -0.357 e. The highest BCUT2D eigenvalue weighted by molar-refractivity contribution is 8.14. The predicted octanol–water partition coefficient (Wildman–Crippen LogP) is 2.76. The lowest BCUT2D eigenvalue weighted by Crippen LogP contribution is -2.41. The van der Waals surface area contributed by atoms with E-state index in [1.165, 1.54) is 5.56 Å². The second-order valence-corrected chi connectivity index (χ2v) is 6.76. The molecule has 1 heterocycles. The molecule has 104 valence electrons. The van der Waals surface area contributed by atoms with Gasteiger partial charge in [0.15, 0.2) is 5.17 Å². The molecule has 1 aliphatic heterocycles. The molecule has 1 aromatic carbocycles. The first kappa shape index (κ1) is 14.4. The monoisotopic (exact) mass is 277 g/mol. The summed E-state index contributed by atoms with van der Waals surface area (Å²) >= 11 is 1.82. The van der Waals surface area contributed by atoms with Crippen molar-refractivity contribution in [3.8, 4) is 0 Å². The molecule has 0 aliphatic carbocycles. The number of nitrogens with one attached hydrogen (secondary N) is 1. The summed E-state index contributed by atoms with van der Waals surface area (Å²) in [6.07, 6.45) is 0. The van der Waals surface area contributed by atoms with Gasteiger partial charge in [-0.25, -0.2) is 0 Å². The van der Waals surface area contributed by atoms with Gasteiger partial charge >= 0.3 is 0 Å². The minimum atomic E-state index is 0.0973. The Labute approximate surface area is 120 Å². The molecule has 1 saturated heterocycles. The highest BCUT2D eigenvalue weighted by atomic mass is 32.2. The maximum absolute atomic E-state index is 4.72. The first-order valence-electron chi connectivity index (χ1n) is 6.65. The Morgan fingerprint density at radius 1 is 1.32 bits per heavy atom. The number of nitrogens with zero attached hydrogens (tertiary/aromatic N) is 2. The molecule has 0 bridgehead atoms. The smallest absolute Gasteiger partial charge is 0.157 e. The molecule has 19 heavy (non-hydrogen) atoms.